The van der Waals surface area contributed by atoms with E-state index in [0.717, 1.165) is 10.5 Å². The predicted molar refractivity (Wildman–Crippen MR) is 133 cm³/mol. The molecule has 0 aromatic heterocycles. The molecule has 34 heavy (non-hydrogen) atoms. The Morgan fingerprint density at radius 3 is 1.97 bits per heavy atom. The van der Waals surface area contributed by atoms with E-state index in [4.69, 9.17) is 51.1 Å². The Morgan fingerprint density at radius 2 is 1.38 bits per heavy atom. The zero-order valence-corrected chi connectivity index (χ0v) is 20.2. The molecule has 172 valence electrons. The minimum absolute atomic E-state index is 0.183. The van der Waals surface area contributed by atoms with Crippen LogP contribution in [-0.2, 0) is 16.2 Å². The lowest BCUT2D eigenvalue weighted by molar-refractivity contribution is -0.122. The lowest BCUT2D eigenvalue weighted by atomic mass is 10.1. The molecule has 0 bridgehead atoms. The molecule has 1 aliphatic heterocycles. The second-order valence-corrected chi connectivity index (χ2v) is 8.85. The Labute approximate surface area is 214 Å². The summed E-state index contributed by atoms with van der Waals surface area (Å²) in [6, 6.07) is 15.3. The third-order valence-electron chi connectivity index (χ3n) is 4.81. The van der Waals surface area contributed by atoms with Crippen LogP contribution >= 0.6 is 46.4 Å². The van der Waals surface area contributed by atoms with Crippen molar-refractivity contribution in [2.75, 3.05) is 4.90 Å². The molecule has 0 radical (unpaired) electrons. The zero-order valence-electron chi connectivity index (χ0n) is 17.2. The van der Waals surface area contributed by atoms with Crippen LogP contribution in [0.3, 0.4) is 0 Å². The number of carbonyl (C=O) groups is 3. The van der Waals surface area contributed by atoms with Crippen LogP contribution in [0.5, 0.6) is 5.75 Å². The molecular weight excluding hydrogens is 522 g/mol. The van der Waals surface area contributed by atoms with Gasteiger partial charge in [-0.1, -0.05) is 58.5 Å². The molecule has 0 unspecified atom stereocenters. The summed E-state index contributed by atoms with van der Waals surface area (Å²) in [7, 11) is 0. The molecule has 4 amide bonds. The Hall–Kier alpha value is -3.03. The summed E-state index contributed by atoms with van der Waals surface area (Å²) in [6.45, 7) is 0.204. The number of imide groups is 2. The number of amides is 4. The van der Waals surface area contributed by atoms with Crippen molar-refractivity contribution in [1.29, 1.82) is 0 Å². The molecule has 0 saturated carbocycles. The van der Waals surface area contributed by atoms with Gasteiger partial charge in [0.25, 0.3) is 11.8 Å². The second kappa shape index (κ2) is 10.1. The van der Waals surface area contributed by atoms with Crippen molar-refractivity contribution in [3.05, 3.63) is 97.5 Å². The van der Waals surface area contributed by atoms with E-state index in [1.165, 1.54) is 42.5 Å². The first kappa shape index (κ1) is 24.1. The number of nitrogens with one attached hydrogen (secondary N) is 1. The molecular formula is C24H14Cl4N2O4. The highest BCUT2D eigenvalue weighted by Crippen LogP contribution is 2.36. The fourth-order valence-corrected chi connectivity index (χ4v) is 4.05. The molecule has 0 spiro atoms. The zero-order chi connectivity index (χ0) is 24.4. The van der Waals surface area contributed by atoms with Gasteiger partial charge in [0.05, 0.1) is 15.7 Å². The van der Waals surface area contributed by atoms with Gasteiger partial charge in [-0.25, -0.2) is 9.69 Å². The van der Waals surface area contributed by atoms with Gasteiger partial charge in [0.1, 0.15) is 12.2 Å². The number of benzene rings is 3. The van der Waals surface area contributed by atoms with Crippen molar-refractivity contribution >= 4 is 76.0 Å². The minimum atomic E-state index is -0.864. The van der Waals surface area contributed by atoms with E-state index < -0.39 is 17.8 Å². The molecule has 1 saturated heterocycles. The van der Waals surface area contributed by atoms with Crippen molar-refractivity contribution in [1.82, 2.24) is 5.32 Å². The normalized spacial score (nSPS) is 15.0. The quantitative estimate of drug-likeness (QED) is 0.297. The first-order chi connectivity index (χ1) is 16.2. The molecule has 1 heterocycles. The van der Waals surface area contributed by atoms with E-state index in [1.54, 1.807) is 12.1 Å². The maximum absolute atomic E-state index is 13.0. The van der Waals surface area contributed by atoms with Crippen molar-refractivity contribution in [2.24, 2.45) is 0 Å². The summed E-state index contributed by atoms with van der Waals surface area (Å²) < 4.78 is 5.74. The maximum Gasteiger partial charge on any atom is 0.335 e. The fourth-order valence-electron chi connectivity index (χ4n) is 3.19. The lowest BCUT2D eigenvalue weighted by Crippen LogP contribution is -2.54. The smallest absolute Gasteiger partial charge is 0.335 e. The number of urea groups is 1. The number of nitrogens with zero attached hydrogens (tertiary/aromatic N) is 1. The average molecular weight is 536 g/mol. The minimum Gasteiger partial charge on any atom is -0.486 e. The average Bonchev–Trinajstić information content (AvgIpc) is 2.78. The van der Waals surface area contributed by atoms with Crippen LogP contribution in [0.4, 0.5) is 10.5 Å². The first-order valence-electron chi connectivity index (χ1n) is 9.76. The van der Waals surface area contributed by atoms with Crippen LogP contribution < -0.4 is 15.0 Å². The SMILES string of the molecule is O=C1NC(=O)N(c2ccc(Cl)cc2)C(=O)/C1=C/c1cc(Cl)c(OCc2ccc(Cl)cc2)c(Cl)c1. The summed E-state index contributed by atoms with van der Waals surface area (Å²) in [4.78, 5) is 38.6. The van der Waals surface area contributed by atoms with Crippen LogP contribution in [-0.4, -0.2) is 17.8 Å². The second-order valence-electron chi connectivity index (χ2n) is 7.16. The molecule has 6 nitrogen and oxygen atoms in total. The van der Waals surface area contributed by atoms with E-state index in [2.05, 4.69) is 5.32 Å². The standard InChI is InChI=1S/C24H14Cl4N2O4/c25-15-3-1-13(2-4-15)12-34-21-19(27)10-14(11-20(21)28)9-18-22(31)29-24(33)30(23(18)32)17-7-5-16(26)6-8-17/h1-11H,12H2,(H,29,31,33)/b18-9+. The highest BCUT2D eigenvalue weighted by Gasteiger charge is 2.36. The number of hydrogen-bond donors (Lipinski definition) is 1. The highest BCUT2D eigenvalue weighted by atomic mass is 35.5. The molecule has 1 N–H and O–H groups in total. The summed E-state index contributed by atoms with van der Waals surface area (Å²) in [5, 5.41) is 3.56. The highest BCUT2D eigenvalue weighted by molar-refractivity contribution is 6.40. The lowest BCUT2D eigenvalue weighted by Gasteiger charge is -2.26. The van der Waals surface area contributed by atoms with Crippen LogP contribution in [0.15, 0.2) is 66.2 Å². The van der Waals surface area contributed by atoms with Gasteiger partial charge in [-0.15, -0.1) is 0 Å². The molecule has 3 aromatic rings. The number of rotatable bonds is 5. The number of halogens is 4. The van der Waals surface area contributed by atoms with Crippen LogP contribution in [0.25, 0.3) is 6.08 Å². The topological polar surface area (TPSA) is 75.7 Å². The molecule has 4 rings (SSSR count). The van der Waals surface area contributed by atoms with Gasteiger partial charge in [0, 0.05) is 10.0 Å². The van der Waals surface area contributed by atoms with Gasteiger partial charge < -0.3 is 4.74 Å². The van der Waals surface area contributed by atoms with Crippen molar-refractivity contribution in [3.8, 4) is 5.75 Å². The third-order valence-corrected chi connectivity index (χ3v) is 5.88. The summed E-state index contributed by atoms with van der Waals surface area (Å²) >= 11 is 24.5. The molecule has 1 fully saturated rings. The van der Waals surface area contributed by atoms with Crippen molar-refractivity contribution < 1.29 is 19.1 Å². The number of ether oxygens (including phenoxy) is 1. The van der Waals surface area contributed by atoms with E-state index in [0.29, 0.717) is 15.6 Å². The number of barbiturate groups is 1. The Bertz CT molecular complexity index is 1300. The van der Waals surface area contributed by atoms with Gasteiger partial charge in [0.15, 0.2) is 5.75 Å². The summed E-state index contributed by atoms with van der Waals surface area (Å²) in [5.74, 6) is -1.39. The third kappa shape index (κ3) is 5.21. The molecule has 10 heteroatoms. The van der Waals surface area contributed by atoms with Crippen LogP contribution in [0.1, 0.15) is 11.1 Å². The summed E-state index contributed by atoms with van der Waals surface area (Å²) in [6.07, 6.45) is 1.30. The van der Waals surface area contributed by atoms with Gasteiger partial charge in [-0.05, 0) is 65.7 Å². The molecule has 0 atom stereocenters. The van der Waals surface area contributed by atoms with E-state index in [1.807, 2.05) is 12.1 Å². The fraction of sp³-hybridized carbons (Fsp3) is 0.0417. The number of anilines is 1. The first-order valence-corrected chi connectivity index (χ1v) is 11.3. The van der Waals surface area contributed by atoms with Crippen molar-refractivity contribution in [3.63, 3.8) is 0 Å². The van der Waals surface area contributed by atoms with Gasteiger partial charge in [-0.3, -0.25) is 14.9 Å². The van der Waals surface area contributed by atoms with E-state index in [-0.39, 0.29) is 33.7 Å². The predicted octanol–water partition coefficient (Wildman–Crippen LogP) is 6.55. The van der Waals surface area contributed by atoms with Crippen LogP contribution in [0, 0.1) is 0 Å². The van der Waals surface area contributed by atoms with Crippen molar-refractivity contribution in [2.45, 2.75) is 6.61 Å². The Balaban J connectivity index is 1.60. The Kier molecular flexibility index (Phi) is 7.14. The number of hydrogen-bond acceptors (Lipinski definition) is 4. The summed E-state index contributed by atoms with van der Waals surface area (Å²) in [5.41, 5.74) is 1.22. The largest absolute Gasteiger partial charge is 0.486 e. The monoisotopic (exact) mass is 534 g/mol. The Morgan fingerprint density at radius 1 is 0.824 bits per heavy atom. The van der Waals surface area contributed by atoms with Gasteiger partial charge in [0.2, 0.25) is 0 Å². The van der Waals surface area contributed by atoms with Gasteiger partial charge >= 0.3 is 6.03 Å². The van der Waals surface area contributed by atoms with Gasteiger partial charge in [-0.2, -0.15) is 0 Å². The molecule has 3 aromatic carbocycles. The van der Waals surface area contributed by atoms with E-state index in [9.17, 15) is 14.4 Å². The van der Waals surface area contributed by atoms with Crippen LogP contribution in [0.2, 0.25) is 20.1 Å². The van der Waals surface area contributed by atoms with E-state index >= 15 is 0 Å². The molecule has 1 aliphatic rings. The molecule has 0 aliphatic carbocycles. The maximum atomic E-state index is 13.0. The number of carbonyl (C=O) groups excluding carboxylic acids is 3.